The molecule has 1 aromatic heterocycles. The van der Waals surface area contributed by atoms with Crippen LogP contribution in [0.5, 0.6) is 5.75 Å². The van der Waals surface area contributed by atoms with E-state index in [0.717, 1.165) is 6.42 Å². The third-order valence-electron chi connectivity index (χ3n) is 2.90. The van der Waals surface area contributed by atoms with Gasteiger partial charge in [0.1, 0.15) is 5.75 Å². The van der Waals surface area contributed by atoms with Crippen LogP contribution < -0.4 is 4.74 Å². The normalized spacial score (nSPS) is 10.8. The van der Waals surface area contributed by atoms with E-state index in [1.807, 2.05) is 6.92 Å². The number of hydrogen-bond acceptors (Lipinski definition) is 6. The topological polar surface area (TPSA) is 79.1 Å². The largest absolute Gasteiger partial charge is 0.457 e. The number of ether oxygens (including phenoxy) is 2. The van der Waals surface area contributed by atoms with E-state index in [2.05, 4.69) is 20.3 Å². The number of aryl methyl sites for hydroxylation is 1. The molecule has 0 aliphatic carbocycles. The van der Waals surface area contributed by atoms with E-state index < -0.39 is 12.6 Å². The van der Waals surface area contributed by atoms with Crippen LogP contribution in [0.4, 0.5) is 8.78 Å². The van der Waals surface area contributed by atoms with Crippen molar-refractivity contribution in [2.45, 2.75) is 39.5 Å². The summed E-state index contributed by atoms with van der Waals surface area (Å²) in [5.41, 5.74) is 0.629. The minimum absolute atomic E-state index is 0.0155. The quantitative estimate of drug-likeness (QED) is 0.690. The lowest BCUT2D eigenvalue weighted by Crippen LogP contribution is -2.12. The summed E-state index contributed by atoms with van der Waals surface area (Å²) >= 11 is 0. The van der Waals surface area contributed by atoms with Crippen molar-refractivity contribution in [1.82, 2.24) is 20.2 Å². The first-order valence-corrected chi connectivity index (χ1v) is 7.03. The summed E-state index contributed by atoms with van der Waals surface area (Å²) in [5.74, 6) is 0.0512. The lowest BCUT2D eigenvalue weighted by atomic mass is 10.1. The Labute approximate surface area is 131 Å². The summed E-state index contributed by atoms with van der Waals surface area (Å²) in [5, 5.41) is 11.1. The highest BCUT2D eigenvalue weighted by molar-refractivity contribution is 5.72. The Morgan fingerprint density at radius 3 is 2.70 bits per heavy atom. The summed E-state index contributed by atoms with van der Waals surface area (Å²) in [6, 6.07) is 5.80. The van der Waals surface area contributed by atoms with Gasteiger partial charge in [0.05, 0.1) is 6.42 Å². The van der Waals surface area contributed by atoms with Crippen LogP contribution in [0, 0.1) is 0 Å². The van der Waals surface area contributed by atoms with Crippen LogP contribution in [0.2, 0.25) is 0 Å². The summed E-state index contributed by atoms with van der Waals surface area (Å²) in [7, 11) is 0. The molecule has 23 heavy (non-hydrogen) atoms. The van der Waals surface area contributed by atoms with Gasteiger partial charge in [0, 0.05) is 6.54 Å². The standard InChI is InChI=1S/C14H16F2N4O3/c1-2-7-20-12(17-18-19-20)9-22-13(21)8-10-3-5-11(6-4-10)23-14(15)16/h3-6,14H,2,7-9H2,1H3. The third kappa shape index (κ3) is 5.28. The molecule has 0 amide bonds. The maximum absolute atomic E-state index is 12.0. The van der Waals surface area contributed by atoms with E-state index in [1.165, 1.54) is 24.3 Å². The SMILES string of the molecule is CCCn1nnnc1COC(=O)Cc1ccc(OC(F)F)cc1. The van der Waals surface area contributed by atoms with E-state index in [9.17, 15) is 13.6 Å². The fourth-order valence-electron chi connectivity index (χ4n) is 1.86. The predicted octanol–water partition coefficient (Wildman–Crippen LogP) is 1.97. The predicted molar refractivity (Wildman–Crippen MR) is 74.7 cm³/mol. The molecule has 0 saturated carbocycles. The molecule has 0 N–H and O–H groups in total. The van der Waals surface area contributed by atoms with Gasteiger partial charge in [-0.25, -0.2) is 4.68 Å². The Bertz CT molecular complexity index is 631. The maximum Gasteiger partial charge on any atom is 0.387 e. The highest BCUT2D eigenvalue weighted by Gasteiger charge is 2.10. The number of tetrazole rings is 1. The summed E-state index contributed by atoms with van der Waals surface area (Å²) < 4.78 is 35.0. The fraction of sp³-hybridized carbons (Fsp3) is 0.429. The molecule has 0 fully saturated rings. The number of rotatable bonds is 8. The molecule has 1 aromatic carbocycles. The lowest BCUT2D eigenvalue weighted by molar-refractivity contribution is -0.144. The first-order chi connectivity index (χ1) is 11.1. The Kier molecular flexibility index (Phi) is 5.95. The van der Waals surface area contributed by atoms with Crippen LogP contribution in [0.15, 0.2) is 24.3 Å². The molecular weight excluding hydrogens is 310 g/mol. The van der Waals surface area contributed by atoms with E-state index in [1.54, 1.807) is 4.68 Å². The van der Waals surface area contributed by atoms with Crippen molar-refractivity contribution < 1.29 is 23.0 Å². The second kappa shape index (κ2) is 8.16. The van der Waals surface area contributed by atoms with Crippen molar-refractivity contribution in [1.29, 1.82) is 0 Å². The van der Waals surface area contributed by atoms with Gasteiger partial charge in [-0.15, -0.1) is 5.10 Å². The zero-order valence-corrected chi connectivity index (χ0v) is 12.5. The number of halogens is 2. The third-order valence-corrected chi connectivity index (χ3v) is 2.90. The Morgan fingerprint density at radius 1 is 1.30 bits per heavy atom. The van der Waals surface area contributed by atoms with E-state index in [4.69, 9.17) is 4.74 Å². The number of alkyl halides is 2. The molecule has 0 spiro atoms. The van der Waals surface area contributed by atoms with Crippen molar-refractivity contribution in [3.63, 3.8) is 0 Å². The maximum atomic E-state index is 12.0. The second-order valence-electron chi connectivity index (χ2n) is 4.68. The smallest absolute Gasteiger partial charge is 0.387 e. The molecule has 0 radical (unpaired) electrons. The number of carbonyl (C=O) groups excluding carboxylic acids is 1. The van der Waals surface area contributed by atoms with Gasteiger partial charge in [0.25, 0.3) is 0 Å². The number of esters is 1. The van der Waals surface area contributed by atoms with Crippen molar-refractivity contribution in [3.8, 4) is 5.75 Å². The van der Waals surface area contributed by atoms with Gasteiger partial charge in [0.2, 0.25) is 0 Å². The number of benzene rings is 1. The van der Waals surface area contributed by atoms with E-state index >= 15 is 0 Å². The van der Waals surface area contributed by atoms with Gasteiger partial charge in [-0.1, -0.05) is 19.1 Å². The molecule has 0 aliphatic heterocycles. The molecule has 0 saturated heterocycles. The Balaban J connectivity index is 1.83. The second-order valence-corrected chi connectivity index (χ2v) is 4.68. The van der Waals surface area contributed by atoms with Crippen molar-refractivity contribution in [2.75, 3.05) is 0 Å². The van der Waals surface area contributed by atoms with Crippen molar-refractivity contribution in [3.05, 3.63) is 35.7 Å². The molecule has 9 heteroatoms. The van der Waals surface area contributed by atoms with E-state index in [0.29, 0.717) is 17.9 Å². The number of carbonyl (C=O) groups is 1. The Morgan fingerprint density at radius 2 is 2.04 bits per heavy atom. The molecular formula is C14H16F2N4O3. The van der Waals surface area contributed by atoms with Gasteiger partial charge in [-0.3, -0.25) is 4.79 Å². The summed E-state index contributed by atoms with van der Waals surface area (Å²) in [6.07, 6.45) is 0.878. The number of aromatic nitrogens is 4. The van der Waals surface area contributed by atoms with Gasteiger partial charge in [0.15, 0.2) is 12.4 Å². The van der Waals surface area contributed by atoms with Crippen molar-refractivity contribution >= 4 is 5.97 Å². The minimum Gasteiger partial charge on any atom is -0.457 e. The van der Waals surface area contributed by atoms with Crippen LogP contribution in [0.25, 0.3) is 0 Å². The van der Waals surface area contributed by atoms with Gasteiger partial charge < -0.3 is 9.47 Å². The molecule has 0 bridgehead atoms. The average Bonchev–Trinajstić information content (AvgIpc) is 2.94. The lowest BCUT2D eigenvalue weighted by Gasteiger charge is -2.07. The monoisotopic (exact) mass is 326 g/mol. The molecule has 7 nitrogen and oxygen atoms in total. The molecule has 1 heterocycles. The van der Waals surface area contributed by atoms with E-state index in [-0.39, 0.29) is 18.8 Å². The van der Waals surface area contributed by atoms with Crippen LogP contribution in [0.3, 0.4) is 0 Å². The average molecular weight is 326 g/mol. The fourth-order valence-corrected chi connectivity index (χ4v) is 1.86. The first-order valence-electron chi connectivity index (χ1n) is 7.03. The molecule has 2 rings (SSSR count). The van der Waals surface area contributed by atoms with Crippen LogP contribution >= 0.6 is 0 Å². The van der Waals surface area contributed by atoms with Crippen LogP contribution in [-0.2, 0) is 29.1 Å². The number of hydrogen-bond donors (Lipinski definition) is 0. The minimum atomic E-state index is -2.88. The van der Waals surface area contributed by atoms with Gasteiger partial charge >= 0.3 is 12.6 Å². The molecule has 0 aliphatic rings. The molecule has 2 aromatic rings. The number of nitrogens with zero attached hydrogens (tertiary/aromatic N) is 4. The highest BCUT2D eigenvalue weighted by atomic mass is 19.3. The van der Waals surface area contributed by atoms with Crippen molar-refractivity contribution in [2.24, 2.45) is 0 Å². The summed E-state index contributed by atoms with van der Waals surface area (Å²) in [4.78, 5) is 11.8. The molecule has 124 valence electrons. The van der Waals surface area contributed by atoms with Crippen LogP contribution in [0.1, 0.15) is 24.7 Å². The first kappa shape index (κ1) is 16.8. The Hall–Kier alpha value is -2.58. The van der Waals surface area contributed by atoms with Crippen LogP contribution in [-0.4, -0.2) is 32.8 Å². The molecule has 0 unspecified atom stereocenters. The zero-order chi connectivity index (χ0) is 16.7. The van der Waals surface area contributed by atoms with Gasteiger partial charge in [-0.2, -0.15) is 8.78 Å². The zero-order valence-electron chi connectivity index (χ0n) is 12.5. The molecule has 0 atom stereocenters. The summed E-state index contributed by atoms with van der Waals surface area (Å²) in [6.45, 7) is -0.261. The van der Waals surface area contributed by atoms with Gasteiger partial charge in [-0.05, 0) is 34.5 Å². The highest BCUT2D eigenvalue weighted by Crippen LogP contribution is 2.15.